The molecule has 1 aliphatic rings. The van der Waals surface area contributed by atoms with E-state index < -0.39 is 5.97 Å². The monoisotopic (exact) mass is 290 g/mol. The molecule has 21 heavy (non-hydrogen) atoms. The van der Waals surface area contributed by atoms with Gasteiger partial charge in [-0.15, -0.1) is 0 Å². The largest absolute Gasteiger partial charge is 0.481 e. The highest BCUT2D eigenvalue weighted by molar-refractivity contribution is 5.92. The Balaban J connectivity index is 2.00. The van der Waals surface area contributed by atoms with Crippen molar-refractivity contribution in [2.24, 2.45) is 5.41 Å². The molecule has 2 rings (SSSR count). The zero-order valence-corrected chi connectivity index (χ0v) is 12.3. The van der Waals surface area contributed by atoms with E-state index in [1.54, 1.807) is 0 Å². The number of hydrogen-bond donors (Lipinski definition) is 2. The number of para-hydroxylation sites is 1. The topological polar surface area (TPSA) is 69.6 Å². The Bertz CT molecular complexity index is 498. The normalized spacial score (nSPS) is 15.3. The van der Waals surface area contributed by atoms with Gasteiger partial charge >= 0.3 is 12.0 Å². The van der Waals surface area contributed by atoms with E-state index in [9.17, 15) is 9.59 Å². The summed E-state index contributed by atoms with van der Waals surface area (Å²) in [6, 6.07) is 8.95. The van der Waals surface area contributed by atoms with Crippen LogP contribution in [-0.2, 0) is 4.79 Å². The summed E-state index contributed by atoms with van der Waals surface area (Å²) in [6.45, 7) is 2.97. The van der Waals surface area contributed by atoms with Crippen LogP contribution in [0.4, 0.5) is 10.5 Å². The minimum Gasteiger partial charge on any atom is -0.481 e. The second-order valence-corrected chi connectivity index (χ2v) is 5.64. The molecule has 0 atom stereocenters. The van der Waals surface area contributed by atoms with Crippen LogP contribution in [0.1, 0.15) is 32.6 Å². The summed E-state index contributed by atoms with van der Waals surface area (Å²) in [6.07, 6.45) is 3.31. The zero-order chi connectivity index (χ0) is 15.3. The first-order chi connectivity index (χ1) is 10.1. The number of benzene rings is 1. The third-order valence-corrected chi connectivity index (χ3v) is 4.18. The summed E-state index contributed by atoms with van der Waals surface area (Å²) in [5, 5.41) is 11.8. The van der Waals surface area contributed by atoms with Crippen LogP contribution in [0.2, 0.25) is 0 Å². The molecule has 0 bridgehead atoms. The maximum absolute atomic E-state index is 12.4. The summed E-state index contributed by atoms with van der Waals surface area (Å²) in [4.78, 5) is 24.6. The van der Waals surface area contributed by atoms with E-state index in [4.69, 9.17) is 5.11 Å². The molecule has 5 heteroatoms. The minimum atomic E-state index is -0.907. The first-order valence-corrected chi connectivity index (χ1v) is 7.38. The number of carbonyl (C=O) groups excluding carboxylic acids is 1. The summed E-state index contributed by atoms with van der Waals surface area (Å²) >= 11 is 0. The van der Waals surface area contributed by atoms with Crippen molar-refractivity contribution in [3.63, 3.8) is 0 Å². The predicted octanol–water partition coefficient (Wildman–Crippen LogP) is 2.87. The summed E-state index contributed by atoms with van der Waals surface area (Å²) in [5.41, 5.74) is 0.989. The Hall–Kier alpha value is -2.04. The van der Waals surface area contributed by atoms with Gasteiger partial charge in [-0.25, -0.2) is 4.79 Å². The maximum atomic E-state index is 12.4. The number of amides is 2. The van der Waals surface area contributed by atoms with Gasteiger partial charge in [-0.05, 0) is 36.8 Å². The van der Waals surface area contributed by atoms with E-state index >= 15 is 0 Å². The lowest BCUT2D eigenvalue weighted by atomic mass is 10.0. The van der Waals surface area contributed by atoms with Gasteiger partial charge < -0.3 is 10.4 Å². The SMILES string of the molecule is CCC1(CNC(=O)N(CCC(=O)O)c2ccccc2)CC1. The fraction of sp³-hybridized carbons (Fsp3) is 0.500. The van der Waals surface area contributed by atoms with E-state index in [0.717, 1.165) is 24.9 Å². The van der Waals surface area contributed by atoms with Crippen LogP contribution >= 0.6 is 0 Å². The Morgan fingerprint density at radius 3 is 2.48 bits per heavy atom. The molecule has 0 heterocycles. The zero-order valence-electron chi connectivity index (χ0n) is 12.3. The van der Waals surface area contributed by atoms with E-state index in [0.29, 0.717) is 6.54 Å². The third kappa shape index (κ3) is 4.21. The Morgan fingerprint density at radius 2 is 1.95 bits per heavy atom. The van der Waals surface area contributed by atoms with Gasteiger partial charge in [0.25, 0.3) is 0 Å². The molecule has 5 nitrogen and oxygen atoms in total. The predicted molar refractivity (Wildman–Crippen MR) is 81.4 cm³/mol. The average Bonchev–Trinajstić information content (AvgIpc) is 3.27. The number of hydrogen-bond acceptors (Lipinski definition) is 2. The van der Waals surface area contributed by atoms with E-state index in [1.165, 1.54) is 4.90 Å². The smallest absolute Gasteiger partial charge is 0.321 e. The van der Waals surface area contributed by atoms with Crippen molar-refractivity contribution in [2.45, 2.75) is 32.6 Å². The number of urea groups is 1. The molecule has 0 aliphatic heterocycles. The summed E-state index contributed by atoms with van der Waals surface area (Å²) < 4.78 is 0. The van der Waals surface area contributed by atoms with Gasteiger partial charge in [-0.3, -0.25) is 9.69 Å². The van der Waals surface area contributed by atoms with Gasteiger partial charge in [-0.1, -0.05) is 25.1 Å². The number of nitrogens with zero attached hydrogens (tertiary/aromatic N) is 1. The molecule has 0 spiro atoms. The third-order valence-electron chi connectivity index (χ3n) is 4.18. The van der Waals surface area contributed by atoms with E-state index in [-0.39, 0.29) is 24.4 Å². The fourth-order valence-electron chi connectivity index (χ4n) is 2.35. The molecule has 0 aromatic heterocycles. The van der Waals surface area contributed by atoms with Gasteiger partial charge in [0, 0.05) is 18.8 Å². The molecule has 1 aromatic rings. The Morgan fingerprint density at radius 1 is 1.29 bits per heavy atom. The second kappa shape index (κ2) is 6.61. The van der Waals surface area contributed by atoms with Crippen LogP contribution < -0.4 is 10.2 Å². The molecular weight excluding hydrogens is 268 g/mol. The number of carboxylic acid groups (broad SMARTS) is 1. The van der Waals surface area contributed by atoms with Gasteiger partial charge in [-0.2, -0.15) is 0 Å². The van der Waals surface area contributed by atoms with Crippen LogP contribution in [-0.4, -0.2) is 30.2 Å². The fourth-order valence-corrected chi connectivity index (χ4v) is 2.35. The highest BCUT2D eigenvalue weighted by Crippen LogP contribution is 2.47. The molecule has 114 valence electrons. The van der Waals surface area contributed by atoms with Crippen LogP contribution in [0, 0.1) is 5.41 Å². The van der Waals surface area contributed by atoms with Crippen LogP contribution in [0.25, 0.3) is 0 Å². The minimum absolute atomic E-state index is 0.0682. The molecule has 1 aliphatic carbocycles. The highest BCUT2D eigenvalue weighted by atomic mass is 16.4. The number of aliphatic carboxylic acids is 1. The molecule has 0 saturated heterocycles. The number of carboxylic acids is 1. The summed E-state index contributed by atoms with van der Waals surface area (Å²) in [7, 11) is 0. The lowest BCUT2D eigenvalue weighted by molar-refractivity contribution is -0.136. The number of anilines is 1. The van der Waals surface area contributed by atoms with Gasteiger partial charge in [0.1, 0.15) is 0 Å². The molecular formula is C16H22N2O3. The van der Waals surface area contributed by atoms with Gasteiger partial charge in [0.2, 0.25) is 0 Å². The van der Waals surface area contributed by atoms with Crippen molar-refractivity contribution >= 4 is 17.7 Å². The van der Waals surface area contributed by atoms with Crippen molar-refractivity contribution in [2.75, 3.05) is 18.0 Å². The van der Waals surface area contributed by atoms with Crippen molar-refractivity contribution in [3.8, 4) is 0 Å². The summed E-state index contributed by atoms with van der Waals surface area (Å²) in [5.74, 6) is -0.907. The first kappa shape index (κ1) is 15.4. The van der Waals surface area contributed by atoms with Crippen molar-refractivity contribution in [3.05, 3.63) is 30.3 Å². The lowest BCUT2D eigenvalue weighted by Gasteiger charge is -2.24. The Labute approximate surface area is 125 Å². The molecule has 0 unspecified atom stereocenters. The van der Waals surface area contributed by atoms with Crippen molar-refractivity contribution in [1.82, 2.24) is 5.32 Å². The lowest BCUT2D eigenvalue weighted by Crippen LogP contribution is -2.43. The number of carbonyl (C=O) groups is 2. The van der Waals surface area contributed by atoms with Crippen molar-refractivity contribution < 1.29 is 14.7 Å². The molecule has 0 radical (unpaired) electrons. The maximum Gasteiger partial charge on any atom is 0.321 e. The molecule has 1 fully saturated rings. The first-order valence-electron chi connectivity index (χ1n) is 7.38. The average molecular weight is 290 g/mol. The van der Waals surface area contributed by atoms with Gasteiger partial charge in [0.15, 0.2) is 0 Å². The van der Waals surface area contributed by atoms with E-state index in [2.05, 4.69) is 12.2 Å². The van der Waals surface area contributed by atoms with Crippen LogP contribution in [0.3, 0.4) is 0 Å². The van der Waals surface area contributed by atoms with E-state index in [1.807, 2.05) is 30.3 Å². The molecule has 2 amide bonds. The Kier molecular flexibility index (Phi) is 4.83. The molecule has 1 saturated carbocycles. The van der Waals surface area contributed by atoms with Crippen molar-refractivity contribution in [1.29, 1.82) is 0 Å². The van der Waals surface area contributed by atoms with Gasteiger partial charge in [0.05, 0.1) is 6.42 Å². The van der Waals surface area contributed by atoms with Crippen LogP contribution in [0.15, 0.2) is 30.3 Å². The quantitative estimate of drug-likeness (QED) is 0.811. The molecule has 2 N–H and O–H groups in total. The standard InChI is InChI=1S/C16H22N2O3/c1-2-16(9-10-16)12-17-15(21)18(11-8-14(19)20)13-6-4-3-5-7-13/h3-7H,2,8-12H2,1H3,(H,17,21)(H,19,20). The number of nitrogens with one attached hydrogen (secondary N) is 1. The van der Waals surface area contributed by atoms with Crippen LogP contribution in [0.5, 0.6) is 0 Å². The second-order valence-electron chi connectivity index (χ2n) is 5.64. The highest BCUT2D eigenvalue weighted by Gasteiger charge is 2.40. The molecule has 1 aromatic carbocycles. The number of rotatable bonds is 7.